The molecule has 0 spiro atoms. The van der Waals surface area contributed by atoms with Crippen LogP contribution in [0.3, 0.4) is 0 Å². The summed E-state index contributed by atoms with van der Waals surface area (Å²) in [4.78, 5) is 99.5. The summed E-state index contributed by atoms with van der Waals surface area (Å²) in [5.41, 5.74) is 5.03. The first kappa shape index (κ1) is 51.3. The highest BCUT2D eigenvalue weighted by atomic mass is 32.2. The van der Waals surface area contributed by atoms with Crippen molar-refractivity contribution in [1.29, 1.82) is 0 Å². The number of aromatic nitrogens is 4. The summed E-state index contributed by atoms with van der Waals surface area (Å²) in [6, 6.07) is 0. The predicted octanol–water partition coefficient (Wildman–Crippen LogP) is 0.616. The fourth-order valence-electron chi connectivity index (χ4n) is 5.46. The Morgan fingerprint density at radius 1 is 1.03 bits per heavy atom. The van der Waals surface area contributed by atoms with Crippen molar-refractivity contribution in [3.63, 3.8) is 0 Å². The molecular formula is C31H50N7O18P3S. The Morgan fingerprint density at radius 2 is 1.70 bits per heavy atom. The van der Waals surface area contributed by atoms with Gasteiger partial charge in [0, 0.05) is 43.5 Å². The number of nitrogen functional groups attached to an aromatic ring is 1. The number of nitrogens with two attached hydrogens (primary N) is 1. The molecule has 2 amide bonds. The lowest BCUT2D eigenvalue weighted by molar-refractivity contribution is -0.137. The van der Waals surface area contributed by atoms with Gasteiger partial charge in [0.2, 0.25) is 11.8 Å². The molecule has 8 atom stereocenters. The predicted molar refractivity (Wildman–Crippen MR) is 210 cm³/mol. The zero-order valence-corrected chi connectivity index (χ0v) is 36.4. The first-order valence-electron chi connectivity index (χ1n) is 17.9. The molecule has 1 fully saturated rings. The number of allylic oxidation sites excluding steroid dienone is 1. The van der Waals surface area contributed by atoms with Crippen LogP contribution in [0.15, 0.2) is 24.8 Å². The normalized spacial score (nSPS) is 21.4. The molecule has 1 aliphatic rings. The largest absolute Gasteiger partial charge is 0.481 e. The van der Waals surface area contributed by atoms with E-state index in [0.717, 1.165) is 34.6 Å². The number of aliphatic hydroxyl groups excluding tert-OH is 2. The summed E-state index contributed by atoms with van der Waals surface area (Å²) < 4.78 is 62.2. The molecule has 2 unspecified atom stereocenters. The maximum atomic E-state index is 12.7. The van der Waals surface area contributed by atoms with Crippen molar-refractivity contribution in [2.24, 2.45) is 11.3 Å². The zero-order valence-electron chi connectivity index (χ0n) is 32.9. The number of Topliss-reactive ketones (excluding diaryl/α,β-unsaturated/α-hetero) is 1. The van der Waals surface area contributed by atoms with E-state index in [9.17, 15) is 62.7 Å². The van der Waals surface area contributed by atoms with E-state index < -0.39 is 84.6 Å². The van der Waals surface area contributed by atoms with Gasteiger partial charge in [-0.05, 0) is 26.2 Å². The molecule has 2 aromatic rings. The molecule has 2 aromatic heterocycles. The molecule has 29 heteroatoms. The topological polar surface area (TPSA) is 381 Å². The minimum atomic E-state index is -5.59. The van der Waals surface area contributed by atoms with Crippen LogP contribution >= 0.6 is 35.2 Å². The monoisotopic (exact) mass is 933 g/mol. The lowest BCUT2D eigenvalue weighted by Crippen LogP contribution is -2.46. The minimum absolute atomic E-state index is 0.0210. The number of phosphoric ester groups is 3. The van der Waals surface area contributed by atoms with Crippen molar-refractivity contribution in [3.8, 4) is 0 Å². The highest BCUT2D eigenvalue weighted by Crippen LogP contribution is 2.61. The van der Waals surface area contributed by atoms with Crippen LogP contribution in [0.25, 0.3) is 11.2 Å². The third-order valence-corrected chi connectivity index (χ3v) is 12.7. The van der Waals surface area contributed by atoms with Gasteiger partial charge in [-0.15, -0.1) is 0 Å². The Hall–Kier alpha value is -3.03. The van der Waals surface area contributed by atoms with Crippen molar-refractivity contribution in [2.75, 3.05) is 37.8 Å². The van der Waals surface area contributed by atoms with Crippen LogP contribution in [0, 0.1) is 11.3 Å². The van der Waals surface area contributed by atoms with E-state index in [1.165, 1.54) is 20.8 Å². The van der Waals surface area contributed by atoms with E-state index in [2.05, 4.69) is 41.0 Å². The van der Waals surface area contributed by atoms with E-state index >= 15 is 0 Å². The van der Waals surface area contributed by atoms with Gasteiger partial charge >= 0.3 is 23.5 Å². The number of phosphoric acid groups is 3. The van der Waals surface area contributed by atoms with E-state index in [1.54, 1.807) is 6.92 Å². The van der Waals surface area contributed by atoms with Crippen molar-refractivity contribution in [1.82, 2.24) is 30.2 Å². The Bertz CT molecular complexity index is 2020. The molecule has 0 aliphatic carbocycles. The van der Waals surface area contributed by atoms with Gasteiger partial charge in [0.05, 0.1) is 19.5 Å². The second kappa shape index (κ2) is 21.9. The number of hydrogen-bond acceptors (Lipinski definition) is 19. The van der Waals surface area contributed by atoms with Crippen LogP contribution in [0.1, 0.15) is 59.6 Å². The zero-order chi connectivity index (χ0) is 45.2. The van der Waals surface area contributed by atoms with E-state index in [-0.39, 0.29) is 65.5 Å². The number of aliphatic hydroxyl groups is 2. The smallest absolute Gasteiger partial charge is 0.386 e. The Labute approximate surface area is 347 Å². The average Bonchev–Trinajstić information content (AvgIpc) is 3.69. The fourth-order valence-corrected chi connectivity index (χ4v) is 9.04. The molecule has 338 valence electrons. The maximum Gasteiger partial charge on any atom is 0.481 e. The molecular weight excluding hydrogens is 883 g/mol. The fraction of sp³-hybridized carbons (Fsp3) is 0.645. The number of carbonyl (C=O) groups is 4. The second-order valence-corrected chi connectivity index (χ2v) is 19.7. The van der Waals surface area contributed by atoms with Crippen LogP contribution < -0.4 is 16.4 Å². The Kier molecular flexibility index (Phi) is 18.7. The van der Waals surface area contributed by atoms with Crippen LogP contribution in [0.2, 0.25) is 0 Å². The van der Waals surface area contributed by atoms with Gasteiger partial charge < -0.3 is 55.7 Å². The number of hydrogen-bond donors (Lipinski definition) is 9. The third kappa shape index (κ3) is 16.0. The molecule has 0 aromatic carbocycles. The summed E-state index contributed by atoms with van der Waals surface area (Å²) >= 11 is 1.02. The average molecular weight is 934 g/mol. The number of amides is 2. The molecule has 25 nitrogen and oxygen atoms in total. The van der Waals surface area contributed by atoms with Crippen LogP contribution in [0.5, 0.6) is 0 Å². The van der Waals surface area contributed by atoms with Gasteiger partial charge in [-0.2, -0.15) is 4.31 Å². The van der Waals surface area contributed by atoms with Crippen molar-refractivity contribution in [2.45, 2.75) is 84.0 Å². The summed E-state index contributed by atoms with van der Waals surface area (Å²) in [6.07, 6.45) is -5.94. The molecule has 0 saturated carbocycles. The highest BCUT2D eigenvalue weighted by Gasteiger charge is 2.50. The number of imidazole rings is 1. The van der Waals surface area contributed by atoms with Gasteiger partial charge in [-0.1, -0.05) is 37.8 Å². The van der Waals surface area contributed by atoms with Gasteiger partial charge in [-0.25, -0.2) is 28.6 Å². The molecule has 1 aliphatic heterocycles. The van der Waals surface area contributed by atoms with Crippen molar-refractivity contribution >= 4 is 74.9 Å². The number of fused-ring (bicyclic) bond motifs is 1. The lowest BCUT2D eigenvalue weighted by atomic mass is 9.87. The van der Waals surface area contributed by atoms with Gasteiger partial charge in [0.25, 0.3) is 0 Å². The summed E-state index contributed by atoms with van der Waals surface area (Å²) in [5, 5.41) is 26.3. The third-order valence-electron chi connectivity index (χ3n) is 8.72. The van der Waals surface area contributed by atoms with E-state index in [1.807, 2.05) is 0 Å². The molecule has 0 radical (unpaired) electrons. The lowest BCUT2D eigenvalue weighted by Gasteiger charge is -2.30. The van der Waals surface area contributed by atoms with Gasteiger partial charge in [-0.3, -0.25) is 32.5 Å². The van der Waals surface area contributed by atoms with E-state index in [0.29, 0.717) is 12.8 Å². The summed E-state index contributed by atoms with van der Waals surface area (Å²) in [6.45, 7) is 7.51. The number of ketones is 1. The number of thioether (sulfide) groups is 1. The number of nitrogens with one attached hydrogen (secondary N) is 2. The number of carbonyl (C=O) groups excluding carboxylic acids is 4. The summed E-state index contributed by atoms with van der Waals surface area (Å²) in [5.74, 6) is -1.34. The second-order valence-electron chi connectivity index (χ2n) is 14.3. The Balaban J connectivity index is 1.45. The molecule has 0 bridgehead atoms. The van der Waals surface area contributed by atoms with Gasteiger partial charge in [0.15, 0.2) is 22.8 Å². The number of ether oxygens (including phenoxy) is 1. The van der Waals surface area contributed by atoms with Crippen molar-refractivity contribution < 1.29 is 85.3 Å². The quantitative estimate of drug-likeness (QED) is 0.0374. The Morgan fingerprint density at radius 3 is 2.33 bits per heavy atom. The van der Waals surface area contributed by atoms with E-state index in [4.69, 9.17) is 19.5 Å². The van der Waals surface area contributed by atoms with Crippen molar-refractivity contribution in [3.05, 3.63) is 24.8 Å². The standard InChI is InChI=1S/C31H50N7O18P3S/c1-17(2)19(7-6-18(3)39)12-22(41)60-11-10-33-21(40)8-9-34-29(44)26(43)31(4,5)14-53-59(50,51)56-58(48,49)52-13-20-25(55-57(45,46)47)24(42)30(54-20)38-16-37-23-27(32)35-15-36-28(23)38/h15-16,19-20,24-26,30,42-43H,1,6-14H2,2-5H3,(H,33,40)(H,34,44)(H,48,49)(H,50,51)(H2,32,35,36)(H2,45,46,47)/t19-,20+,24+,25+,26-,30+/m0/s1. The number of anilines is 1. The SMILES string of the molecule is C=C(C)[C@@H](CCC(C)=O)CC(=O)SCCNC(=O)CCNC(=O)[C@H](O)C(C)(C)COP(=O)(O)OP(=O)(O)OC[C@H]1O[C@@H](n2cnc3c(N)ncnc32)[C@H](O)[C@@H]1OP(=O)(O)O. The molecule has 60 heavy (non-hydrogen) atoms. The first-order chi connectivity index (χ1) is 27.7. The number of rotatable bonds is 25. The highest BCUT2D eigenvalue weighted by molar-refractivity contribution is 8.13. The maximum absolute atomic E-state index is 12.7. The van der Waals surface area contributed by atoms with Crippen LogP contribution in [-0.4, -0.2) is 128 Å². The first-order valence-corrected chi connectivity index (χ1v) is 23.4. The number of nitrogens with zero attached hydrogens (tertiary/aromatic N) is 4. The molecule has 3 rings (SSSR count). The summed E-state index contributed by atoms with van der Waals surface area (Å²) in [7, 11) is -16.4. The van der Waals surface area contributed by atoms with Crippen LogP contribution in [0.4, 0.5) is 5.82 Å². The van der Waals surface area contributed by atoms with Crippen LogP contribution in [-0.2, 0) is 55.5 Å². The molecule has 10 N–H and O–H groups in total. The molecule has 3 heterocycles. The van der Waals surface area contributed by atoms with Gasteiger partial charge in [0.1, 0.15) is 42.0 Å². The minimum Gasteiger partial charge on any atom is -0.386 e. The molecule has 1 saturated heterocycles.